The lowest BCUT2D eigenvalue weighted by Crippen LogP contribution is -2.11. The zero-order chi connectivity index (χ0) is 16.5. The summed E-state index contributed by atoms with van der Waals surface area (Å²) in [6, 6.07) is 0. The number of carbonyl (C=O) groups excluding carboxylic acids is 2. The van der Waals surface area contributed by atoms with Crippen LogP contribution < -0.4 is 0 Å². The van der Waals surface area contributed by atoms with Crippen LogP contribution in [0.15, 0.2) is 0 Å². The molecule has 22 heavy (non-hydrogen) atoms. The van der Waals surface area contributed by atoms with Crippen LogP contribution in [0.5, 0.6) is 0 Å². The predicted octanol–water partition coefficient (Wildman–Crippen LogP) is 3.80. The van der Waals surface area contributed by atoms with E-state index in [1.165, 1.54) is 0 Å². The number of unbranched alkanes of at least 4 members (excludes halogenated alkanes) is 3. The van der Waals surface area contributed by atoms with E-state index in [1.54, 1.807) is 20.8 Å². The zero-order valence-electron chi connectivity index (χ0n) is 14.1. The summed E-state index contributed by atoms with van der Waals surface area (Å²) >= 11 is 0. The molecule has 1 aromatic heterocycles. The van der Waals surface area contributed by atoms with Crippen LogP contribution in [0, 0.1) is 6.92 Å². The summed E-state index contributed by atoms with van der Waals surface area (Å²) in [7, 11) is 0. The highest BCUT2D eigenvalue weighted by atomic mass is 16.5. The Morgan fingerprint density at radius 1 is 0.955 bits per heavy atom. The molecule has 0 spiro atoms. The minimum absolute atomic E-state index is 0.306. The van der Waals surface area contributed by atoms with Gasteiger partial charge in [0.15, 0.2) is 0 Å². The Morgan fingerprint density at radius 2 is 1.59 bits per heavy atom. The summed E-state index contributed by atoms with van der Waals surface area (Å²) in [4.78, 5) is 27.3. The van der Waals surface area contributed by atoms with Crippen LogP contribution in [0.4, 0.5) is 0 Å². The maximum atomic E-state index is 12.2. The van der Waals surface area contributed by atoms with Crippen molar-refractivity contribution < 1.29 is 19.1 Å². The number of rotatable bonds is 9. The van der Waals surface area contributed by atoms with E-state index in [-0.39, 0.29) is 5.97 Å². The second kappa shape index (κ2) is 9.28. The Kier molecular flexibility index (Phi) is 7.71. The summed E-state index contributed by atoms with van der Waals surface area (Å²) in [6.45, 7) is 8.08. The Hall–Kier alpha value is -1.78. The van der Waals surface area contributed by atoms with E-state index in [4.69, 9.17) is 9.47 Å². The van der Waals surface area contributed by atoms with Gasteiger partial charge in [-0.05, 0) is 39.2 Å². The zero-order valence-corrected chi connectivity index (χ0v) is 14.1. The minimum Gasteiger partial charge on any atom is -0.462 e. The number of H-pyrrole nitrogens is 1. The maximum Gasteiger partial charge on any atom is 0.355 e. The van der Waals surface area contributed by atoms with Gasteiger partial charge in [-0.2, -0.15) is 0 Å². The van der Waals surface area contributed by atoms with Crippen molar-refractivity contribution in [3.8, 4) is 0 Å². The third-order valence-electron chi connectivity index (χ3n) is 3.53. The van der Waals surface area contributed by atoms with Gasteiger partial charge in [-0.3, -0.25) is 0 Å². The highest BCUT2D eigenvalue weighted by molar-refractivity contribution is 5.98. The van der Waals surface area contributed by atoms with Crippen LogP contribution >= 0.6 is 0 Å². The molecule has 0 aliphatic rings. The molecule has 0 aromatic carbocycles. The molecule has 1 aromatic rings. The van der Waals surface area contributed by atoms with Crippen molar-refractivity contribution in [2.45, 2.75) is 59.8 Å². The second-order valence-electron chi connectivity index (χ2n) is 5.23. The molecule has 0 aliphatic carbocycles. The normalized spacial score (nSPS) is 10.5. The largest absolute Gasteiger partial charge is 0.462 e. The second-order valence-corrected chi connectivity index (χ2v) is 5.23. The number of hydrogen-bond donors (Lipinski definition) is 1. The number of hydrogen-bond acceptors (Lipinski definition) is 4. The summed E-state index contributed by atoms with van der Waals surface area (Å²) in [5.74, 6) is -0.788. The highest BCUT2D eigenvalue weighted by Crippen LogP contribution is 2.23. The van der Waals surface area contributed by atoms with Crippen molar-refractivity contribution in [3.63, 3.8) is 0 Å². The van der Waals surface area contributed by atoms with E-state index in [0.717, 1.165) is 31.2 Å². The van der Waals surface area contributed by atoms with E-state index in [0.29, 0.717) is 36.6 Å². The molecule has 0 aliphatic heterocycles. The van der Waals surface area contributed by atoms with E-state index >= 15 is 0 Å². The summed E-state index contributed by atoms with van der Waals surface area (Å²) in [5, 5.41) is 0. The van der Waals surface area contributed by atoms with Gasteiger partial charge in [-0.25, -0.2) is 9.59 Å². The fourth-order valence-electron chi connectivity index (χ4n) is 2.51. The van der Waals surface area contributed by atoms with Crippen LogP contribution in [-0.4, -0.2) is 30.1 Å². The number of aromatic nitrogens is 1. The van der Waals surface area contributed by atoms with Crippen LogP contribution in [0.2, 0.25) is 0 Å². The van der Waals surface area contributed by atoms with Crippen LogP contribution in [0.1, 0.15) is 78.6 Å². The van der Waals surface area contributed by atoms with Gasteiger partial charge in [-0.1, -0.05) is 26.2 Å². The lowest BCUT2D eigenvalue weighted by Gasteiger charge is -2.07. The molecule has 0 atom stereocenters. The van der Waals surface area contributed by atoms with E-state index in [1.807, 2.05) is 0 Å². The predicted molar refractivity (Wildman–Crippen MR) is 85.3 cm³/mol. The molecule has 1 heterocycles. The molecule has 0 bridgehead atoms. The molecule has 124 valence electrons. The molecular formula is C17H27NO4. The number of carbonyl (C=O) groups is 2. The molecule has 1 N–H and O–H groups in total. The van der Waals surface area contributed by atoms with Crippen molar-refractivity contribution in [3.05, 3.63) is 22.5 Å². The molecule has 0 amide bonds. The number of ether oxygens (including phenoxy) is 2. The number of aromatic amines is 1. The average molecular weight is 309 g/mol. The first-order valence-electron chi connectivity index (χ1n) is 8.12. The lowest BCUT2D eigenvalue weighted by atomic mass is 10.0. The molecule has 0 unspecified atom stereocenters. The van der Waals surface area contributed by atoms with E-state index in [9.17, 15) is 9.59 Å². The van der Waals surface area contributed by atoms with Crippen LogP contribution in [0.25, 0.3) is 0 Å². The first kappa shape index (κ1) is 18.3. The van der Waals surface area contributed by atoms with Gasteiger partial charge in [0.25, 0.3) is 0 Å². The third-order valence-corrected chi connectivity index (χ3v) is 3.53. The molecule has 1 rings (SSSR count). The van der Waals surface area contributed by atoms with Crippen molar-refractivity contribution in [1.29, 1.82) is 0 Å². The lowest BCUT2D eigenvalue weighted by molar-refractivity contribution is 0.0517. The Labute approximate surface area is 132 Å². The van der Waals surface area contributed by atoms with Crippen molar-refractivity contribution in [2.75, 3.05) is 13.2 Å². The fourth-order valence-corrected chi connectivity index (χ4v) is 2.51. The van der Waals surface area contributed by atoms with Crippen LogP contribution in [0.3, 0.4) is 0 Å². The number of esters is 2. The number of nitrogens with one attached hydrogen (secondary N) is 1. The third kappa shape index (κ3) is 4.61. The van der Waals surface area contributed by atoms with Gasteiger partial charge in [0.05, 0.1) is 18.8 Å². The van der Waals surface area contributed by atoms with E-state index in [2.05, 4.69) is 11.9 Å². The smallest absolute Gasteiger partial charge is 0.355 e. The molecule has 0 saturated heterocycles. The summed E-state index contributed by atoms with van der Waals surface area (Å²) in [6.07, 6.45) is 4.97. The molecule has 0 radical (unpaired) electrons. The quantitative estimate of drug-likeness (QED) is 0.556. The molecule has 0 saturated carbocycles. The van der Waals surface area contributed by atoms with E-state index < -0.39 is 5.97 Å². The highest BCUT2D eigenvalue weighted by Gasteiger charge is 2.25. The first-order chi connectivity index (χ1) is 10.6. The van der Waals surface area contributed by atoms with Crippen LogP contribution in [-0.2, 0) is 15.9 Å². The minimum atomic E-state index is -0.411. The Morgan fingerprint density at radius 3 is 2.18 bits per heavy atom. The topological polar surface area (TPSA) is 68.4 Å². The van der Waals surface area contributed by atoms with Gasteiger partial charge in [0, 0.05) is 5.69 Å². The maximum absolute atomic E-state index is 12.2. The SMILES string of the molecule is CCCCCCc1c(C(=O)OCC)[nH]c(C)c1C(=O)OCC. The molecule has 5 nitrogen and oxygen atoms in total. The summed E-state index contributed by atoms with van der Waals surface area (Å²) in [5.41, 5.74) is 2.26. The monoisotopic (exact) mass is 309 g/mol. The first-order valence-corrected chi connectivity index (χ1v) is 8.12. The molecular weight excluding hydrogens is 282 g/mol. The van der Waals surface area contributed by atoms with Crippen molar-refractivity contribution in [1.82, 2.24) is 4.98 Å². The van der Waals surface area contributed by atoms with Crippen molar-refractivity contribution in [2.24, 2.45) is 0 Å². The molecule has 5 heteroatoms. The Balaban J connectivity index is 3.07. The number of aryl methyl sites for hydroxylation is 1. The van der Waals surface area contributed by atoms with Gasteiger partial charge >= 0.3 is 11.9 Å². The van der Waals surface area contributed by atoms with Gasteiger partial charge in [0.2, 0.25) is 0 Å². The Bertz CT molecular complexity index is 505. The standard InChI is InChI=1S/C17H27NO4/c1-5-8-9-10-11-13-14(16(19)21-6-2)12(4)18-15(13)17(20)22-7-3/h18H,5-11H2,1-4H3. The fraction of sp³-hybridized carbons (Fsp3) is 0.647. The average Bonchev–Trinajstić information content (AvgIpc) is 2.81. The van der Waals surface area contributed by atoms with Gasteiger partial charge in [0.1, 0.15) is 5.69 Å². The molecule has 0 fully saturated rings. The van der Waals surface area contributed by atoms with Gasteiger partial charge in [-0.15, -0.1) is 0 Å². The summed E-state index contributed by atoms with van der Waals surface area (Å²) < 4.78 is 10.2. The van der Waals surface area contributed by atoms with Gasteiger partial charge < -0.3 is 14.5 Å². The van der Waals surface area contributed by atoms with Crippen molar-refractivity contribution >= 4 is 11.9 Å².